The number of nitrogens with zero attached hydrogens (tertiary/aromatic N) is 5. The minimum atomic E-state index is 0.238. The van der Waals surface area contributed by atoms with Crippen LogP contribution in [0.5, 0.6) is 0 Å². The molecule has 2 aliphatic rings. The van der Waals surface area contributed by atoms with Gasteiger partial charge in [0.15, 0.2) is 0 Å². The van der Waals surface area contributed by atoms with E-state index >= 15 is 0 Å². The molecule has 0 saturated carbocycles. The zero-order valence-electron chi connectivity index (χ0n) is 13.6. The van der Waals surface area contributed by atoms with Crippen molar-refractivity contribution in [1.82, 2.24) is 14.9 Å². The van der Waals surface area contributed by atoms with Crippen LogP contribution in [0, 0.1) is 6.92 Å². The van der Waals surface area contributed by atoms with Crippen LogP contribution in [-0.2, 0) is 4.79 Å². The van der Waals surface area contributed by atoms with Crippen molar-refractivity contribution in [2.75, 3.05) is 49.1 Å². The fourth-order valence-corrected chi connectivity index (χ4v) is 3.17. The molecule has 6 nitrogen and oxygen atoms in total. The zero-order valence-corrected chi connectivity index (χ0v) is 13.6. The Morgan fingerprint density at radius 3 is 2.36 bits per heavy atom. The summed E-state index contributed by atoms with van der Waals surface area (Å²) < 4.78 is 0. The SMILES string of the molecule is CCC(=O)N1CCN(c2nc(C)cc(N3CCCC3)n2)CC1. The van der Waals surface area contributed by atoms with Crippen LogP contribution in [0.3, 0.4) is 0 Å². The molecule has 2 fully saturated rings. The van der Waals surface area contributed by atoms with Crippen molar-refractivity contribution in [3.63, 3.8) is 0 Å². The first kappa shape index (κ1) is 15.1. The number of hydrogen-bond donors (Lipinski definition) is 0. The third kappa shape index (κ3) is 3.15. The molecule has 1 aromatic heterocycles. The number of hydrogen-bond acceptors (Lipinski definition) is 5. The molecule has 0 aliphatic carbocycles. The second-order valence-corrected chi connectivity index (χ2v) is 6.08. The molecule has 0 radical (unpaired) electrons. The number of rotatable bonds is 3. The van der Waals surface area contributed by atoms with Crippen LogP contribution in [-0.4, -0.2) is 60.0 Å². The van der Waals surface area contributed by atoms with Gasteiger partial charge in [-0.2, -0.15) is 4.98 Å². The molecule has 2 aliphatic heterocycles. The maximum absolute atomic E-state index is 11.8. The van der Waals surface area contributed by atoms with Gasteiger partial charge in [0.2, 0.25) is 11.9 Å². The fourth-order valence-electron chi connectivity index (χ4n) is 3.17. The second-order valence-electron chi connectivity index (χ2n) is 6.08. The summed E-state index contributed by atoms with van der Waals surface area (Å²) in [4.78, 5) is 27.6. The van der Waals surface area contributed by atoms with E-state index in [1.54, 1.807) is 0 Å². The van der Waals surface area contributed by atoms with Crippen LogP contribution in [0.1, 0.15) is 31.9 Å². The topological polar surface area (TPSA) is 52.6 Å². The van der Waals surface area contributed by atoms with E-state index in [4.69, 9.17) is 4.98 Å². The Bertz CT molecular complexity index is 533. The first-order valence-electron chi connectivity index (χ1n) is 8.30. The van der Waals surface area contributed by atoms with Crippen molar-refractivity contribution >= 4 is 17.7 Å². The van der Waals surface area contributed by atoms with E-state index in [0.29, 0.717) is 6.42 Å². The van der Waals surface area contributed by atoms with Gasteiger partial charge in [-0.3, -0.25) is 4.79 Å². The molecule has 22 heavy (non-hydrogen) atoms. The van der Waals surface area contributed by atoms with Crippen LogP contribution in [0.15, 0.2) is 6.07 Å². The average Bonchev–Trinajstić information content (AvgIpc) is 3.08. The third-order valence-electron chi connectivity index (χ3n) is 4.48. The summed E-state index contributed by atoms with van der Waals surface area (Å²) >= 11 is 0. The lowest BCUT2D eigenvalue weighted by molar-refractivity contribution is -0.131. The quantitative estimate of drug-likeness (QED) is 0.846. The summed E-state index contributed by atoms with van der Waals surface area (Å²) in [5, 5.41) is 0. The molecule has 0 spiro atoms. The van der Waals surface area contributed by atoms with Gasteiger partial charge in [0.05, 0.1) is 0 Å². The Morgan fingerprint density at radius 1 is 1.05 bits per heavy atom. The normalized spacial score (nSPS) is 18.9. The second kappa shape index (κ2) is 6.50. The van der Waals surface area contributed by atoms with Gasteiger partial charge >= 0.3 is 0 Å². The van der Waals surface area contributed by atoms with Crippen molar-refractivity contribution in [2.45, 2.75) is 33.1 Å². The van der Waals surface area contributed by atoms with Gasteiger partial charge in [-0.25, -0.2) is 4.98 Å². The van der Waals surface area contributed by atoms with E-state index in [1.165, 1.54) is 12.8 Å². The number of carbonyl (C=O) groups excluding carboxylic acids is 1. The van der Waals surface area contributed by atoms with E-state index in [1.807, 2.05) is 18.7 Å². The molecular weight excluding hydrogens is 278 g/mol. The van der Waals surface area contributed by atoms with Gasteiger partial charge in [-0.05, 0) is 19.8 Å². The Labute approximate surface area is 132 Å². The number of anilines is 2. The highest BCUT2D eigenvalue weighted by atomic mass is 16.2. The first-order valence-corrected chi connectivity index (χ1v) is 8.30. The Kier molecular flexibility index (Phi) is 4.45. The molecule has 120 valence electrons. The van der Waals surface area contributed by atoms with Gasteiger partial charge < -0.3 is 14.7 Å². The van der Waals surface area contributed by atoms with Gasteiger partial charge in [0.1, 0.15) is 5.82 Å². The molecule has 0 bridgehead atoms. The van der Waals surface area contributed by atoms with Crippen molar-refractivity contribution in [3.05, 3.63) is 11.8 Å². The van der Waals surface area contributed by atoms with E-state index in [0.717, 1.165) is 56.7 Å². The molecular formula is C16H25N5O. The van der Waals surface area contributed by atoms with E-state index in [-0.39, 0.29) is 5.91 Å². The standard InChI is InChI=1S/C16H25N5O/c1-3-15(22)20-8-10-21(11-9-20)16-17-13(2)12-14(18-16)19-6-4-5-7-19/h12H,3-11H2,1-2H3. The predicted octanol–water partition coefficient (Wildman–Crippen LogP) is 1.44. The molecule has 0 aromatic carbocycles. The third-order valence-corrected chi connectivity index (χ3v) is 4.48. The van der Waals surface area contributed by atoms with Crippen LogP contribution < -0.4 is 9.80 Å². The minimum absolute atomic E-state index is 0.238. The molecule has 2 saturated heterocycles. The monoisotopic (exact) mass is 303 g/mol. The molecule has 0 atom stereocenters. The van der Waals surface area contributed by atoms with Crippen molar-refractivity contribution in [3.8, 4) is 0 Å². The highest BCUT2D eigenvalue weighted by Crippen LogP contribution is 2.22. The number of aromatic nitrogens is 2. The fraction of sp³-hybridized carbons (Fsp3) is 0.688. The molecule has 1 amide bonds. The number of amides is 1. The first-order chi connectivity index (χ1) is 10.7. The number of carbonyl (C=O) groups is 1. The summed E-state index contributed by atoms with van der Waals surface area (Å²) in [5.41, 5.74) is 1.01. The number of piperazine rings is 1. The Hall–Kier alpha value is -1.85. The zero-order chi connectivity index (χ0) is 15.5. The van der Waals surface area contributed by atoms with Crippen LogP contribution in [0.4, 0.5) is 11.8 Å². The average molecular weight is 303 g/mol. The van der Waals surface area contributed by atoms with Crippen molar-refractivity contribution < 1.29 is 4.79 Å². The van der Waals surface area contributed by atoms with E-state index in [9.17, 15) is 4.79 Å². The predicted molar refractivity (Wildman–Crippen MR) is 87.3 cm³/mol. The highest BCUT2D eigenvalue weighted by molar-refractivity contribution is 5.76. The Morgan fingerprint density at radius 2 is 1.73 bits per heavy atom. The van der Waals surface area contributed by atoms with Crippen molar-refractivity contribution in [1.29, 1.82) is 0 Å². The van der Waals surface area contributed by atoms with Gasteiger partial charge in [-0.15, -0.1) is 0 Å². The molecule has 0 N–H and O–H groups in total. The summed E-state index contributed by atoms with van der Waals surface area (Å²) in [5.74, 6) is 2.10. The summed E-state index contributed by atoms with van der Waals surface area (Å²) in [7, 11) is 0. The lowest BCUT2D eigenvalue weighted by atomic mass is 10.3. The smallest absolute Gasteiger partial charge is 0.227 e. The van der Waals surface area contributed by atoms with Gasteiger partial charge in [0.25, 0.3) is 0 Å². The maximum atomic E-state index is 11.8. The molecule has 1 aromatic rings. The summed E-state index contributed by atoms with van der Waals surface area (Å²) in [6.45, 7) is 9.29. The summed E-state index contributed by atoms with van der Waals surface area (Å²) in [6, 6.07) is 2.08. The minimum Gasteiger partial charge on any atom is -0.356 e. The van der Waals surface area contributed by atoms with Crippen LogP contribution in [0.25, 0.3) is 0 Å². The molecule has 6 heteroatoms. The largest absolute Gasteiger partial charge is 0.356 e. The maximum Gasteiger partial charge on any atom is 0.227 e. The lowest BCUT2D eigenvalue weighted by Gasteiger charge is -2.35. The molecule has 0 unspecified atom stereocenters. The van der Waals surface area contributed by atoms with Crippen LogP contribution >= 0.6 is 0 Å². The lowest BCUT2D eigenvalue weighted by Crippen LogP contribution is -2.49. The molecule has 3 rings (SSSR count). The van der Waals surface area contributed by atoms with Crippen molar-refractivity contribution in [2.24, 2.45) is 0 Å². The Balaban J connectivity index is 1.71. The highest BCUT2D eigenvalue weighted by Gasteiger charge is 2.23. The number of aryl methyl sites for hydroxylation is 1. The van der Waals surface area contributed by atoms with Gasteiger partial charge in [-0.1, -0.05) is 6.92 Å². The molecule has 3 heterocycles. The van der Waals surface area contributed by atoms with Gasteiger partial charge in [0, 0.05) is 57.4 Å². The van der Waals surface area contributed by atoms with Crippen LogP contribution in [0.2, 0.25) is 0 Å². The van der Waals surface area contributed by atoms with E-state index < -0.39 is 0 Å². The van der Waals surface area contributed by atoms with E-state index in [2.05, 4.69) is 20.9 Å². The summed E-state index contributed by atoms with van der Waals surface area (Å²) in [6.07, 6.45) is 3.08.